The molecule has 3 aromatic heterocycles. The zero-order chi connectivity index (χ0) is 39.2. The van der Waals surface area contributed by atoms with Crippen molar-refractivity contribution in [2.24, 2.45) is 0 Å². The first-order chi connectivity index (χ1) is 26.1. The second-order valence-corrected chi connectivity index (χ2v) is 17.0. The number of rotatable bonds is 10. The summed E-state index contributed by atoms with van der Waals surface area (Å²) in [6, 6.07) is 10.9. The van der Waals surface area contributed by atoms with Crippen LogP contribution in [0.4, 0.5) is 24.7 Å². The third-order valence-electron chi connectivity index (χ3n) is 9.48. The van der Waals surface area contributed by atoms with Crippen molar-refractivity contribution in [2.45, 2.75) is 41.2 Å². The van der Waals surface area contributed by atoms with Gasteiger partial charge in [0.05, 0.1) is 17.9 Å². The van der Waals surface area contributed by atoms with Gasteiger partial charge in [0, 0.05) is 61.3 Å². The van der Waals surface area contributed by atoms with Crippen LogP contribution in [0, 0.1) is 17.6 Å². The Morgan fingerprint density at radius 1 is 0.964 bits per heavy atom. The largest absolute Gasteiger partial charge is 0.464 e. The van der Waals surface area contributed by atoms with E-state index in [2.05, 4.69) is 15.0 Å². The molecule has 0 radical (unpaired) electrons. The van der Waals surface area contributed by atoms with Crippen molar-refractivity contribution in [1.82, 2.24) is 15.0 Å². The van der Waals surface area contributed by atoms with Crippen molar-refractivity contribution in [3.63, 3.8) is 0 Å². The quantitative estimate of drug-likeness (QED) is 0.0975. The van der Waals surface area contributed by atoms with Crippen molar-refractivity contribution in [3.8, 4) is 0 Å². The maximum Gasteiger partial charge on any atom is 0.338 e. The number of aromatic amines is 2. The fourth-order valence-electron chi connectivity index (χ4n) is 6.91. The van der Waals surface area contributed by atoms with Crippen molar-refractivity contribution in [1.29, 1.82) is 0 Å². The van der Waals surface area contributed by atoms with E-state index in [9.17, 15) is 26.4 Å². The Morgan fingerprint density at radius 2 is 1.60 bits per heavy atom. The second-order valence-electron chi connectivity index (χ2n) is 12.7. The highest BCUT2D eigenvalue weighted by Crippen LogP contribution is 2.60. The summed E-state index contributed by atoms with van der Waals surface area (Å²) in [5.41, 5.74) is -3.39. The van der Waals surface area contributed by atoms with E-state index in [-0.39, 0.29) is 50.5 Å². The summed E-state index contributed by atoms with van der Waals surface area (Å²) >= 11 is 12.1. The highest BCUT2D eigenvalue weighted by molar-refractivity contribution is 7.93. The summed E-state index contributed by atoms with van der Waals surface area (Å²) in [5.74, 6) is -8.81. The fraction of sp³-hybridized carbons (Fsp3) is 0.171. The lowest BCUT2D eigenvalue weighted by atomic mass is 10.0. The molecule has 3 aromatic carbocycles. The van der Waals surface area contributed by atoms with E-state index >= 15 is 13.2 Å². The summed E-state index contributed by atoms with van der Waals surface area (Å²) in [5, 5.41) is 0.846. The van der Waals surface area contributed by atoms with E-state index in [1.165, 1.54) is 43.3 Å². The summed E-state index contributed by atoms with van der Waals surface area (Å²) in [6.45, 7) is 0.817. The van der Waals surface area contributed by atoms with Crippen LogP contribution >= 0.6 is 23.2 Å². The van der Waals surface area contributed by atoms with Crippen molar-refractivity contribution in [2.75, 3.05) is 15.6 Å². The van der Waals surface area contributed by atoms with Crippen LogP contribution in [0.25, 0.3) is 21.8 Å². The number of esters is 2. The molecule has 0 amide bonds. The highest BCUT2D eigenvalue weighted by atomic mass is 35.5. The summed E-state index contributed by atoms with van der Waals surface area (Å²) < 4.78 is 117. The van der Waals surface area contributed by atoms with Gasteiger partial charge in [-0.25, -0.2) is 39.5 Å². The van der Waals surface area contributed by atoms with Crippen LogP contribution in [0.3, 0.4) is 0 Å². The number of pyridine rings is 1. The zero-order valence-electron chi connectivity index (χ0n) is 27.9. The standard InChI is InChI=1S/C35H24Cl2F3N5O8S2/c1-2-52-34(47)35(12-23(35)22-10-25(39)32(43-31(22)40)44-54(48,49)29-13-41-26-8-17(36)3-5-19(26)29)45(28-11-21-16(7-24(28)38)15-53-33(21)46)55(50,51)30-14-42-27-9-18(37)4-6-20(27)30/h3-11,13-14,23,41-42H,2,12,15H2,1H3,(H,43,44). The number of carbonyl (C=O) groups excluding carboxylic acids is 2. The molecule has 3 N–H and O–H groups in total. The predicted octanol–water partition coefficient (Wildman–Crippen LogP) is 6.92. The lowest BCUT2D eigenvalue weighted by Crippen LogP contribution is -2.50. The van der Waals surface area contributed by atoms with Crippen LogP contribution in [0.2, 0.25) is 10.0 Å². The Bertz CT molecular complexity index is 2870. The minimum Gasteiger partial charge on any atom is -0.464 e. The maximum absolute atomic E-state index is 16.2. The van der Waals surface area contributed by atoms with E-state index in [0.29, 0.717) is 20.9 Å². The molecule has 1 aliphatic carbocycles. The van der Waals surface area contributed by atoms with Gasteiger partial charge < -0.3 is 19.4 Å². The molecule has 1 saturated carbocycles. The molecule has 1 aliphatic heterocycles. The average Bonchev–Trinajstić information content (AvgIpc) is 3.37. The van der Waals surface area contributed by atoms with Gasteiger partial charge in [0.25, 0.3) is 20.0 Å². The molecular formula is C35H24Cl2F3N5O8S2. The molecule has 13 nitrogen and oxygen atoms in total. The molecule has 8 rings (SSSR count). The van der Waals surface area contributed by atoms with Gasteiger partial charge in [0.15, 0.2) is 17.2 Å². The van der Waals surface area contributed by atoms with Crippen LogP contribution in [-0.2, 0) is 40.9 Å². The summed E-state index contributed by atoms with van der Waals surface area (Å²) in [4.78, 5) is 34.9. The monoisotopic (exact) mass is 833 g/mol. The molecule has 2 aliphatic rings. The van der Waals surface area contributed by atoms with E-state index < -0.39 is 89.4 Å². The Kier molecular flexibility index (Phi) is 8.60. The van der Waals surface area contributed by atoms with Gasteiger partial charge in [-0.05, 0) is 67.9 Å². The number of halogens is 5. The lowest BCUT2D eigenvalue weighted by molar-refractivity contribution is -0.145. The molecule has 2 atom stereocenters. The van der Waals surface area contributed by atoms with E-state index in [1.807, 2.05) is 4.72 Å². The van der Waals surface area contributed by atoms with Gasteiger partial charge in [-0.1, -0.05) is 23.2 Å². The molecule has 20 heteroatoms. The maximum atomic E-state index is 16.2. The molecule has 2 unspecified atom stereocenters. The summed E-state index contributed by atoms with van der Waals surface area (Å²) in [7, 11) is -9.67. The van der Waals surface area contributed by atoms with Crippen LogP contribution in [0.1, 0.15) is 40.7 Å². The van der Waals surface area contributed by atoms with Gasteiger partial charge in [0.2, 0.25) is 5.95 Å². The van der Waals surface area contributed by atoms with Crippen molar-refractivity contribution in [3.05, 3.63) is 111 Å². The van der Waals surface area contributed by atoms with Crippen molar-refractivity contribution >= 4 is 88.5 Å². The number of ether oxygens (including phenoxy) is 2. The van der Waals surface area contributed by atoms with Crippen LogP contribution < -0.4 is 9.03 Å². The Labute approximate surface area is 319 Å². The zero-order valence-corrected chi connectivity index (χ0v) is 31.1. The molecule has 4 heterocycles. The fourth-order valence-corrected chi connectivity index (χ4v) is 10.4. The topological polar surface area (TPSA) is 181 Å². The Hall–Kier alpha value is -5.30. The third-order valence-corrected chi connectivity index (χ3v) is 13.2. The molecule has 0 spiro atoms. The minimum absolute atomic E-state index is 0.0837. The number of H-pyrrole nitrogens is 2. The number of aromatic nitrogens is 3. The molecule has 0 saturated heterocycles. The Balaban J connectivity index is 1.26. The number of nitrogens with one attached hydrogen (secondary N) is 3. The number of carbonyl (C=O) groups is 2. The lowest BCUT2D eigenvalue weighted by Gasteiger charge is -2.33. The van der Waals surface area contributed by atoms with E-state index in [4.69, 9.17) is 32.7 Å². The number of fused-ring (bicyclic) bond motifs is 3. The smallest absolute Gasteiger partial charge is 0.338 e. The summed E-state index contributed by atoms with van der Waals surface area (Å²) in [6.07, 6.45) is 1.63. The normalized spacial score (nSPS) is 18.0. The van der Waals surface area contributed by atoms with E-state index in [1.54, 1.807) is 0 Å². The van der Waals surface area contributed by atoms with Crippen LogP contribution in [0.5, 0.6) is 0 Å². The van der Waals surface area contributed by atoms with Gasteiger partial charge in [-0.3, -0.25) is 4.72 Å². The predicted molar refractivity (Wildman–Crippen MR) is 193 cm³/mol. The first-order valence-corrected chi connectivity index (χ1v) is 19.9. The van der Waals surface area contributed by atoms with Crippen molar-refractivity contribution < 1.29 is 49.1 Å². The number of anilines is 2. The third kappa shape index (κ3) is 5.85. The Morgan fingerprint density at radius 3 is 2.25 bits per heavy atom. The number of sulfonamides is 2. The van der Waals surface area contributed by atoms with Gasteiger partial charge in [-0.2, -0.15) is 9.37 Å². The first kappa shape index (κ1) is 36.7. The molecule has 6 aromatic rings. The molecular weight excluding hydrogens is 810 g/mol. The van der Waals surface area contributed by atoms with Gasteiger partial charge >= 0.3 is 11.9 Å². The first-order valence-electron chi connectivity index (χ1n) is 16.2. The number of cyclic esters (lactones) is 1. The number of nitrogens with zero attached hydrogens (tertiary/aromatic N) is 2. The van der Waals surface area contributed by atoms with Crippen LogP contribution in [0.15, 0.2) is 76.8 Å². The molecule has 1 fully saturated rings. The molecule has 0 bridgehead atoms. The molecule has 284 valence electrons. The number of hydrogen-bond donors (Lipinski definition) is 3. The van der Waals surface area contributed by atoms with Gasteiger partial charge in [-0.15, -0.1) is 0 Å². The average molecular weight is 835 g/mol. The number of hydrogen-bond acceptors (Lipinski definition) is 9. The van der Waals surface area contributed by atoms with E-state index in [0.717, 1.165) is 24.5 Å². The molecule has 55 heavy (non-hydrogen) atoms. The van der Waals surface area contributed by atoms with Gasteiger partial charge in [0.1, 0.15) is 22.2 Å². The van der Waals surface area contributed by atoms with Crippen LogP contribution in [-0.4, -0.2) is 55.9 Å². The minimum atomic E-state index is -5.08. The number of benzene rings is 3. The SMILES string of the molecule is CCOC(=O)C1(N(c2cc3c(cc2F)COC3=O)S(=O)(=O)c2c[nH]c3cc(Cl)ccc23)CC1c1cc(F)c(NS(=O)(=O)c2c[nH]c3cc(Cl)ccc23)nc1F. The highest BCUT2D eigenvalue weighted by Gasteiger charge is 2.70. The second kappa shape index (κ2) is 12.9.